The fourth-order valence-corrected chi connectivity index (χ4v) is 3.01. The summed E-state index contributed by atoms with van der Waals surface area (Å²) < 4.78 is 418. The molecule has 32 heteroatoms. The molecule has 0 rings (SSSR count). The van der Waals surface area contributed by atoms with Gasteiger partial charge in [0.1, 0.15) is 6.61 Å². The van der Waals surface area contributed by atoms with Gasteiger partial charge in [-0.15, -0.1) is 0 Å². The Kier molecular flexibility index (Phi) is 10.9. The molecule has 0 aliphatic rings. The van der Waals surface area contributed by atoms with Crippen molar-refractivity contribution in [1.82, 2.24) is 0 Å². The van der Waals surface area contributed by atoms with Gasteiger partial charge >= 0.3 is 89.1 Å². The van der Waals surface area contributed by atoms with Crippen molar-refractivity contribution in [3.8, 4) is 0 Å². The minimum atomic E-state index is -10.1. The second-order valence-electron chi connectivity index (χ2n) is 9.11. The van der Waals surface area contributed by atoms with Gasteiger partial charge in [0, 0.05) is 7.11 Å². The predicted octanol–water partition coefficient (Wildman–Crippen LogP) is 10.1. The van der Waals surface area contributed by atoms with Crippen molar-refractivity contribution in [1.29, 1.82) is 0 Å². The first-order chi connectivity index (χ1) is 20.6. The summed E-state index contributed by atoms with van der Waals surface area (Å²) in [7, 11) is -0.208. The van der Waals surface area contributed by atoms with Crippen LogP contribution in [0.2, 0.25) is 0 Å². The molecular weight excluding hydrogens is 809 g/mol. The zero-order chi connectivity index (χ0) is 40.9. The Bertz CT molecular complexity index is 1170. The molecule has 0 aliphatic carbocycles. The lowest BCUT2D eigenvalue weighted by molar-refractivity contribution is -0.491. The Hall–Kier alpha value is -2.21. The van der Waals surface area contributed by atoms with Crippen molar-refractivity contribution in [2.45, 2.75) is 89.1 Å². The van der Waals surface area contributed by atoms with Gasteiger partial charge in [-0.1, -0.05) is 0 Å². The molecule has 0 amide bonds. The molecule has 0 unspecified atom stereocenters. The maximum absolute atomic E-state index is 13.8. The number of hydrogen-bond donors (Lipinski definition) is 0. The van der Waals surface area contributed by atoms with E-state index < -0.39 is 95.7 Å². The molecule has 0 N–H and O–H groups in total. The third kappa shape index (κ3) is 5.38. The van der Waals surface area contributed by atoms with Crippen LogP contribution in [-0.2, 0) is 4.74 Å². The molecule has 49 heavy (non-hydrogen) atoms. The molecule has 0 aromatic heterocycles. The van der Waals surface area contributed by atoms with E-state index in [2.05, 4.69) is 4.74 Å². The maximum atomic E-state index is 13.8. The summed E-state index contributed by atoms with van der Waals surface area (Å²) in [4.78, 5) is 0. The van der Waals surface area contributed by atoms with Crippen molar-refractivity contribution in [2.24, 2.45) is 0 Å². The van der Waals surface area contributed by atoms with Crippen LogP contribution in [0.15, 0.2) is 0 Å². The number of hydrogen-bond acceptors (Lipinski definition) is 1. The van der Waals surface area contributed by atoms with Crippen molar-refractivity contribution >= 4 is 0 Å². The highest BCUT2D eigenvalue weighted by atomic mass is 19.4. The lowest BCUT2D eigenvalue weighted by Crippen LogP contribution is -2.80. The van der Waals surface area contributed by atoms with Crippen LogP contribution in [0.1, 0.15) is 0 Å². The smallest absolute Gasteiger partial charge is 0.378 e. The maximum Gasteiger partial charge on any atom is 0.438 e. The summed E-state index contributed by atoms with van der Waals surface area (Å²) in [5, 5.41) is 0. The van der Waals surface area contributed by atoms with Crippen LogP contribution in [0.4, 0.5) is 136 Å². The van der Waals surface area contributed by atoms with E-state index in [1.807, 2.05) is 0 Å². The Balaban J connectivity index is 7.73. The zero-order valence-electron chi connectivity index (χ0n) is 21.3. The normalized spacial score (nSPS) is 17.1. The summed E-state index contributed by atoms with van der Waals surface area (Å²) in [6.07, 6.45) is -17.6. The third-order valence-corrected chi connectivity index (χ3v) is 5.94. The number of halogens is 31. The first-order valence-electron chi connectivity index (χ1n) is 10.4. The van der Waals surface area contributed by atoms with Gasteiger partial charge in [-0.3, -0.25) is 0 Å². The van der Waals surface area contributed by atoms with Crippen LogP contribution < -0.4 is 0 Å². The first-order valence-corrected chi connectivity index (χ1v) is 10.4. The average molecular weight is 814 g/mol. The van der Waals surface area contributed by atoms with E-state index in [9.17, 15) is 136 Å². The first kappa shape index (κ1) is 46.8. The lowest BCUT2D eigenvalue weighted by Gasteiger charge is -2.47. The van der Waals surface area contributed by atoms with Crippen molar-refractivity contribution < 1.29 is 141 Å². The second-order valence-corrected chi connectivity index (χ2v) is 9.11. The highest BCUT2D eigenvalue weighted by Gasteiger charge is 3.02. The van der Waals surface area contributed by atoms with E-state index >= 15 is 0 Å². The molecule has 0 aromatic carbocycles. The van der Waals surface area contributed by atoms with Crippen LogP contribution in [0.25, 0.3) is 0 Å². The third-order valence-electron chi connectivity index (χ3n) is 5.94. The minimum Gasteiger partial charge on any atom is -0.378 e. The van der Waals surface area contributed by atoms with E-state index in [0.717, 1.165) is 0 Å². The topological polar surface area (TPSA) is 9.23 Å². The quantitative estimate of drug-likeness (QED) is 0.159. The van der Waals surface area contributed by atoms with Gasteiger partial charge in [-0.2, -0.15) is 132 Å². The summed E-state index contributed by atoms with van der Waals surface area (Å²) in [6, 6.07) is 0. The molecule has 0 atom stereocenters. The lowest BCUT2D eigenvalue weighted by atomic mass is 9.81. The minimum absolute atomic E-state index is 0.208. The molecule has 0 saturated heterocycles. The Labute approximate surface area is 245 Å². The molecule has 0 saturated carbocycles. The fourth-order valence-electron chi connectivity index (χ4n) is 3.01. The van der Waals surface area contributed by atoms with Gasteiger partial charge in [-0.25, -0.2) is 4.39 Å². The zero-order valence-corrected chi connectivity index (χ0v) is 21.3. The van der Waals surface area contributed by atoms with E-state index in [0.29, 0.717) is 0 Å². The highest BCUT2D eigenvalue weighted by molar-refractivity contribution is 5.22. The molecule has 0 aliphatic heterocycles. The van der Waals surface area contributed by atoms with E-state index in [-0.39, 0.29) is 7.11 Å². The molecule has 0 bridgehead atoms. The molecule has 0 radical (unpaired) electrons. The van der Waals surface area contributed by atoms with Crippen LogP contribution in [0.3, 0.4) is 0 Å². The van der Waals surface area contributed by atoms with Crippen molar-refractivity contribution in [3.05, 3.63) is 0 Å². The van der Waals surface area contributed by atoms with Gasteiger partial charge < -0.3 is 4.74 Å². The number of alkyl halides is 31. The molecule has 0 heterocycles. The Morgan fingerprint density at radius 2 is 0.429 bits per heavy atom. The number of ether oxygens (including phenoxy) is 1. The van der Waals surface area contributed by atoms with Crippen LogP contribution in [-0.4, -0.2) is 103 Å². The van der Waals surface area contributed by atoms with Gasteiger partial charge in [0.2, 0.25) is 0 Å². The largest absolute Gasteiger partial charge is 0.438 e. The molecule has 0 fully saturated rings. The van der Waals surface area contributed by atoms with E-state index in [1.165, 1.54) is 0 Å². The molecular formula is C17H5F31O. The molecule has 296 valence electrons. The predicted molar refractivity (Wildman–Crippen MR) is 87.2 cm³/mol. The monoisotopic (exact) mass is 814 g/mol. The fraction of sp³-hybridized carbons (Fsp3) is 1.00. The van der Waals surface area contributed by atoms with Crippen LogP contribution in [0, 0.1) is 0 Å². The van der Waals surface area contributed by atoms with Gasteiger partial charge in [-0.05, 0) is 0 Å². The van der Waals surface area contributed by atoms with E-state index in [4.69, 9.17) is 0 Å². The molecule has 0 aromatic rings. The number of methoxy groups -OCH3 is 1. The standard InChI is InChI=1S/C17H5F31O/c1-49-2-3(18,19)5(21,22)7(25,26)9(29,30)11(33,34)13(37,38)15(41,42)14(39,40)12(35,36)10(31,32)8(27,28)6(23,24)4(20,16(43,44)45)17(46,47)48/h2H2,1H3. The van der Waals surface area contributed by atoms with E-state index in [1.54, 1.807) is 0 Å². The van der Waals surface area contributed by atoms with Crippen LogP contribution in [0.5, 0.6) is 0 Å². The Morgan fingerprint density at radius 3 is 0.592 bits per heavy atom. The highest BCUT2D eigenvalue weighted by Crippen LogP contribution is 2.69. The molecule has 1 nitrogen and oxygen atoms in total. The number of rotatable bonds is 14. The summed E-state index contributed by atoms with van der Waals surface area (Å²) >= 11 is 0. The molecule has 0 spiro atoms. The van der Waals surface area contributed by atoms with Gasteiger partial charge in [0.15, 0.2) is 0 Å². The second kappa shape index (κ2) is 11.4. The summed E-state index contributed by atoms with van der Waals surface area (Å²) in [5.74, 6) is -114. The SMILES string of the molecule is COCC(F)(F)C(F)(F)C(F)(F)C(F)(F)C(F)(F)C(F)(F)C(F)(F)C(F)(F)C(F)(F)C(F)(F)C(F)(F)C(F)(F)C(F)(C(F)(F)F)C(F)(F)F. The summed E-state index contributed by atoms with van der Waals surface area (Å²) in [5.41, 5.74) is -9.35. The van der Waals surface area contributed by atoms with Gasteiger partial charge in [0.25, 0.3) is 0 Å². The average Bonchev–Trinajstić information content (AvgIpc) is 2.85. The van der Waals surface area contributed by atoms with Crippen LogP contribution >= 0.6 is 0 Å². The van der Waals surface area contributed by atoms with Gasteiger partial charge in [0.05, 0.1) is 0 Å². The van der Waals surface area contributed by atoms with Crippen molar-refractivity contribution in [3.63, 3.8) is 0 Å². The summed E-state index contributed by atoms with van der Waals surface area (Å²) in [6.45, 7) is -3.33. The Morgan fingerprint density at radius 1 is 0.265 bits per heavy atom. The van der Waals surface area contributed by atoms with Crippen molar-refractivity contribution in [2.75, 3.05) is 13.7 Å².